The minimum absolute atomic E-state index is 0.300. The topological polar surface area (TPSA) is 41.7 Å². The third kappa shape index (κ3) is 3.31. The smallest absolute Gasteiger partial charge is 0.138 e. The number of rotatable bonds is 4. The Morgan fingerprint density at radius 3 is 2.78 bits per heavy atom. The van der Waals surface area contributed by atoms with Gasteiger partial charge in [-0.05, 0) is 27.9 Å². The Kier molecular flexibility index (Phi) is 4.37. The molecule has 5 nitrogen and oxygen atoms in total. The summed E-state index contributed by atoms with van der Waals surface area (Å²) in [7, 11) is 4.16. The molecular weight excluding hydrogens is 230 g/mol. The second-order valence-electron chi connectivity index (χ2n) is 5.29. The molecule has 1 aliphatic rings. The minimum atomic E-state index is 0.300. The first-order valence-electron chi connectivity index (χ1n) is 6.46. The maximum absolute atomic E-state index is 5.78. The van der Waals surface area contributed by atoms with Crippen LogP contribution in [0.5, 0.6) is 0 Å². The molecule has 0 saturated carbocycles. The highest BCUT2D eigenvalue weighted by atomic mass is 16.5. The molecule has 102 valence electrons. The van der Waals surface area contributed by atoms with Gasteiger partial charge in [-0.15, -0.1) is 0 Å². The first kappa shape index (κ1) is 13.5. The highest BCUT2D eigenvalue weighted by Gasteiger charge is 2.22. The van der Waals surface area contributed by atoms with Crippen LogP contribution in [0, 0.1) is 13.8 Å². The number of morpholine rings is 1. The maximum Gasteiger partial charge on any atom is 0.138 e. The lowest BCUT2D eigenvalue weighted by molar-refractivity contribution is -0.0408. The van der Waals surface area contributed by atoms with Crippen LogP contribution in [0.4, 0.5) is 0 Å². The van der Waals surface area contributed by atoms with Crippen LogP contribution in [-0.2, 0) is 11.3 Å². The Morgan fingerprint density at radius 1 is 1.39 bits per heavy atom. The van der Waals surface area contributed by atoms with E-state index in [1.165, 1.54) is 5.56 Å². The number of hydrogen-bond acceptors (Lipinski definition) is 5. The summed E-state index contributed by atoms with van der Waals surface area (Å²) in [6.45, 7) is 8.63. The molecule has 1 saturated heterocycles. The van der Waals surface area contributed by atoms with Gasteiger partial charge in [0.05, 0.1) is 18.4 Å². The molecule has 1 aromatic heterocycles. The molecule has 1 unspecified atom stereocenters. The fourth-order valence-electron chi connectivity index (χ4n) is 2.39. The zero-order valence-corrected chi connectivity index (χ0v) is 11.8. The summed E-state index contributed by atoms with van der Waals surface area (Å²) in [5, 5.41) is 4.01. The molecule has 18 heavy (non-hydrogen) atoms. The molecule has 1 fully saturated rings. The lowest BCUT2D eigenvalue weighted by Gasteiger charge is -2.34. The molecule has 5 heteroatoms. The van der Waals surface area contributed by atoms with Crippen LogP contribution in [0.25, 0.3) is 0 Å². The molecule has 0 aliphatic carbocycles. The molecule has 0 spiro atoms. The Balaban J connectivity index is 1.93. The van der Waals surface area contributed by atoms with Gasteiger partial charge < -0.3 is 14.2 Å². The van der Waals surface area contributed by atoms with Crippen molar-refractivity contribution < 1.29 is 9.26 Å². The Bertz CT molecular complexity index is 370. The lowest BCUT2D eigenvalue weighted by atomic mass is 10.1. The maximum atomic E-state index is 5.78. The number of aromatic nitrogens is 1. The summed E-state index contributed by atoms with van der Waals surface area (Å²) in [4.78, 5) is 4.59. The Labute approximate surface area is 109 Å². The van der Waals surface area contributed by atoms with Gasteiger partial charge in [0, 0.05) is 31.7 Å². The monoisotopic (exact) mass is 253 g/mol. The van der Waals surface area contributed by atoms with Crippen molar-refractivity contribution in [1.82, 2.24) is 15.0 Å². The third-order valence-electron chi connectivity index (χ3n) is 3.35. The first-order valence-corrected chi connectivity index (χ1v) is 6.46. The van der Waals surface area contributed by atoms with Crippen molar-refractivity contribution in [3.8, 4) is 0 Å². The van der Waals surface area contributed by atoms with Gasteiger partial charge in [0.2, 0.25) is 0 Å². The summed E-state index contributed by atoms with van der Waals surface area (Å²) in [5.41, 5.74) is 2.23. The zero-order valence-electron chi connectivity index (χ0n) is 11.8. The number of likely N-dealkylation sites (N-methyl/N-ethyl adjacent to an activating group) is 1. The largest absolute Gasteiger partial charge is 0.374 e. The van der Waals surface area contributed by atoms with Crippen molar-refractivity contribution in [2.75, 3.05) is 40.3 Å². The highest BCUT2D eigenvalue weighted by Crippen LogP contribution is 2.17. The van der Waals surface area contributed by atoms with Crippen molar-refractivity contribution in [2.24, 2.45) is 0 Å². The van der Waals surface area contributed by atoms with Crippen molar-refractivity contribution in [2.45, 2.75) is 26.5 Å². The van der Waals surface area contributed by atoms with E-state index >= 15 is 0 Å². The molecule has 1 atom stereocenters. The number of aryl methyl sites for hydroxylation is 2. The number of ether oxygens (including phenoxy) is 1. The third-order valence-corrected chi connectivity index (χ3v) is 3.35. The summed E-state index contributed by atoms with van der Waals surface area (Å²) < 4.78 is 11.0. The predicted octanol–water partition coefficient (Wildman–Crippen LogP) is 1.05. The second kappa shape index (κ2) is 5.82. The van der Waals surface area contributed by atoms with Gasteiger partial charge in [-0.25, -0.2) is 0 Å². The molecule has 0 N–H and O–H groups in total. The average molecular weight is 253 g/mol. The fourth-order valence-corrected chi connectivity index (χ4v) is 2.39. The molecule has 1 aliphatic heterocycles. The predicted molar refractivity (Wildman–Crippen MR) is 69.5 cm³/mol. The van der Waals surface area contributed by atoms with E-state index in [2.05, 4.69) is 29.1 Å². The van der Waals surface area contributed by atoms with E-state index in [1.54, 1.807) is 0 Å². The van der Waals surface area contributed by atoms with Crippen LogP contribution in [0.2, 0.25) is 0 Å². The van der Waals surface area contributed by atoms with Gasteiger partial charge in [0.25, 0.3) is 0 Å². The van der Waals surface area contributed by atoms with Crippen LogP contribution in [0.15, 0.2) is 4.52 Å². The van der Waals surface area contributed by atoms with Crippen LogP contribution in [0.1, 0.15) is 17.0 Å². The van der Waals surface area contributed by atoms with Gasteiger partial charge in [0.1, 0.15) is 5.76 Å². The fraction of sp³-hybridized carbons (Fsp3) is 0.769. The van der Waals surface area contributed by atoms with Crippen molar-refractivity contribution in [1.29, 1.82) is 0 Å². The quantitative estimate of drug-likeness (QED) is 0.802. The molecule has 1 aromatic rings. The van der Waals surface area contributed by atoms with Gasteiger partial charge >= 0.3 is 0 Å². The highest BCUT2D eigenvalue weighted by molar-refractivity contribution is 5.20. The summed E-state index contributed by atoms with van der Waals surface area (Å²) >= 11 is 0. The summed E-state index contributed by atoms with van der Waals surface area (Å²) in [5.74, 6) is 0.933. The molecule has 2 rings (SSSR count). The van der Waals surface area contributed by atoms with Crippen molar-refractivity contribution >= 4 is 0 Å². The first-order chi connectivity index (χ1) is 8.56. The SMILES string of the molecule is Cc1noc(C)c1CN1CCOC(CN(C)C)C1. The van der Waals surface area contributed by atoms with Crippen molar-refractivity contribution in [3.63, 3.8) is 0 Å². The second-order valence-corrected chi connectivity index (χ2v) is 5.29. The molecule has 0 radical (unpaired) electrons. The van der Waals surface area contributed by atoms with Crippen LogP contribution >= 0.6 is 0 Å². The standard InChI is InChI=1S/C13H23N3O2/c1-10-13(11(2)18-14-10)9-16-5-6-17-12(8-16)7-15(3)4/h12H,5-9H2,1-4H3. The number of nitrogens with zero attached hydrogens (tertiary/aromatic N) is 3. The van der Waals surface area contributed by atoms with Gasteiger partial charge in [-0.3, -0.25) is 4.90 Å². The van der Waals surface area contributed by atoms with Gasteiger partial charge in [-0.2, -0.15) is 0 Å². The van der Waals surface area contributed by atoms with E-state index in [-0.39, 0.29) is 0 Å². The molecule has 2 heterocycles. The normalized spacial score (nSPS) is 21.7. The average Bonchev–Trinajstić information content (AvgIpc) is 2.60. The van der Waals surface area contributed by atoms with Crippen LogP contribution < -0.4 is 0 Å². The molecule has 0 aromatic carbocycles. The van der Waals surface area contributed by atoms with Gasteiger partial charge in [0.15, 0.2) is 0 Å². The minimum Gasteiger partial charge on any atom is -0.374 e. The van der Waals surface area contributed by atoms with E-state index < -0.39 is 0 Å². The van der Waals surface area contributed by atoms with Crippen LogP contribution in [-0.4, -0.2) is 61.4 Å². The van der Waals surface area contributed by atoms with E-state index in [0.717, 1.165) is 44.2 Å². The van der Waals surface area contributed by atoms with E-state index in [1.807, 2.05) is 13.8 Å². The summed E-state index contributed by atoms with van der Waals surface area (Å²) in [6, 6.07) is 0. The van der Waals surface area contributed by atoms with E-state index in [9.17, 15) is 0 Å². The van der Waals surface area contributed by atoms with E-state index in [4.69, 9.17) is 9.26 Å². The van der Waals surface area contributed by atoms with Crippen LogP contribution in [0.3, 0.4) is 0 Å². The Morgan fingerprint density at radius 2 is 2.17 bits per heavy atom. The molecule has 0 amide bonds. The number of hydrogen-bond donors (Lipinski definition) is 0. The lowest BCUT2D eigenvalue weighted by Crippen LogP contribution is -2.46. The molecule has 0 bridgehead atoms. The molecular formula is C13H23N3O2. The zero-order chi connectivity index (χ0) is 13.1. The van der Waals surface area contributed by atoms with Gasteiger partial charge in [-0.1, -0.05) is 5.16 Å². The summed E-state index contributed by atoms with van der Waals surface area (Å²) in [6.07, 6.45) is 0.300. The Hall–Kier alpha value is -0.910. The van der Waals surface area contributed by atoms with Crippen molar-refractivity contribution in [3.05, 3.63) is 17.0 Å². The van der Waals surface area contributed by atoms with E-state index in [0.29, 0.717) is 6.10 Å².